The number of hydrogen-bond acceptors (Lipinski definition) is 0. The van der Waals surface area contributed by atoms with Gasteiger partial charge in [0.05, 0.1) is 0 Å². The minimum absolute atomic E-state index is 0.814. The zero-order valence-corrected chi connectivity index (χ0v) is 12.1. The second kappa shape index (κ2) is 6.22. The predicted octanol–water partition coefficient (Wildman–Crippen LogP) is 5.74. The van der Waals surface area contributed by atoms with Crippen molar-refractivity contribution >= 4 is 0 Å². The van der Waals surface area contributed by atoms with E-state index in [0.29, 0.717) is 0 Å². The van der Waals surface area contributed by atoms with E-state index in [1.54, 1.807) is 11.1 Å². The van der Waals surface area contributed by atoms with Crippen molar-refractivity contribution in [3.63, 3.8) is 0 Å². The first kappa shape index (κ1) is 13.4. The van der Waals surface area contributed by atoms with Gasteiger partial charge in [0.15, 0.2) is 0 Å². The van der Waals surface area contributed by atoms with Crippen LogP contribution in [0.1, 0.15) is 59.3 Å². The molecule has 0 heterocycles. The molecule has 2 rings (SSSR count). The Labute approximate surface area is 112 Å². The summed E-state index contributed by atoms with van der Waals surface area (Å²) in [5.41, 5.74) is 6.43. The quantitative estimate of drug-likeness (QED) is 0.540. The highest BCUT2D eigenvalue weighted by atomic mass is 14.3. The summed E-state index contributed by atoms with van der Waals surface area (Å²) in [5.74, 6) is 0.814. The number of rotatable bonds is 5. The van der Waals surface area contributed by atoms with Gasteiger partial charge >= 0.3 is 0 Å². The van der Waals surface area contributed by atoms with Gasteiger partial charge in [0.2, 0.25) is 0 Å². The van der Waals surface area contributed by atoms with Gasteiger partial charge in [-0.25, -0.2) is 0 Å². The maximum Gasteiger partial charge on any atom is -0.0133 e. The molecule has 0 bridgehead atoms. The Morgan fingerprint density at radius 2 is 2.11 bits per heavy atom. The minimum Gasteiger partial charge on any atom is -0.0773 e. The van der Waals surface area contributed by atoms with E-state index in [9.17, 15) is 0 Å². The van der Waals surface area contributed by atoms with Gasteiger partial charge in [0.1, 0.15) is 0 Å². The Hall–Kier alpha value is -1.04. The van der Waals surface area contributed by atoms with Crippen LogP contribution in [0.4, 0.5) is 0 Å². The molecule has 0 spiro atoms. The first-order chi connectivity index (χ1) is 8.70. The van der Waals surface area contributed by atoms with E-state index in [0.717, 1.165) is 12.3 Å². The molecule has 0 radical (unpaired) electrons. The average molecular weight is 242 g/mol. The summed E-state index contributed by atoms with van der Waals surface area (Å²) in [4.78, 5) is 0. The van der Waals surface area contributed by atoms with Crippen LogP contribution in [0.3, 0.4) is 0 Å². The lowest BCUT2D eigenvalue weighted by Gasteiger charge is -2.16. The third-order valence-corrected chi connectivity index (χ3v) is 4.32. The van der Waals surface area contributed by atoms with Gasteiger partial charge in [-0.2, -0.15) is 0 Å². The second-order valence-electron chi connectivity index (χ2n) is 5.79. The summed E-state index contributed by atoms with van der Waals surface area (Å²) < 4.78 is 0. The van der Waals surface area contributed by atoms with E-state index in [2.05, 4.69) is 45.1 Å². The summed E-state index contributed by atoms with van der Waals surface area (Å²) >= 11 is 0. The molecule has 1 unspecified atom stereocenters. The number of allylic oxidation sites excluding steroid dienone is 8. The molecule has 0 heteroatoms. The molecule has 2 aliphatic rings. The fraction of sp³-hybridized carbons (Fsp3) is 0.556. The van der Waals surface area contributed by atoms with Crippen LogP contribution in [0.2, 0.25) is 0 Å². The predicted molar refractivity (Wildman–Crippen MR) is 80.5 cm³/mol. The fourth-order valence-electron chi connectivity index (χ4n) is 2.76. The van der Waals surface area contributed by atoms with Crippen LogP contribution < -0.4 is 0 Å². The van der Waals surface area contributed by atoms with Gasteiger partial charge in [0, 0.05) is 0 Å². The maximum absolute atomic E-state index is 2.40. The molecular weight excluding hydrogens is 216 g/mol. The van der Waals surface area contributed by atoms with Crippen LogP contribution in [0.25, 0.3) is 0 Å². The van der Waals surface area contributed by atoms with Gasteiger partial charge in [-0.3, -0.25) is 0 Å². The van der Waals surface area contributed by atoms with Crippen molar-refractivity contribution in [1.82, 2.24) is 0 Å². The number of hydrogen-bond donors (Lipinski definition) is 0. The molecule has 98 valence electrons. The summed E-state index contributed by atoms with van der Waals surface area (Å²) in [7, 11) is 0. The minimum atomic E-state index is 0.814. The van der Waals surface area contributed by atoms with Crippen molar-refractivity contribution in [3.05, 3.63) is 46.6 Å². The average Bonchev–Trinajstić information content (AvgIpc) is 3.18. The maximum atomic E-state index is 2.40. The molecule has 0 aromatic rings. The Kier molecular flexibility index (Phi) is 4.63. The third-order valence-electron chi connectivity index (χ3n) is 4.32. The molecule has 0 aromatic heterocycles. The standard InChI is InChI=1S/C18H26/c1-4-17(15(3)18-12-13-18)11-10-16-7-5-6-14(2)8-9-16/h5-7,9,17H,4,8,10-13H2,1-3H3. The Morgan fingerprint density at radius 1 is 1.33 bits per heavy atom. The van der Waals surface area contributed by atoms with Crippen LogP contribution in [0, 0.1) is 5.92 Å². The molecule has 1 fully saturated rings. The Bertz CT molecular complexity index is 409. The lowest BCUT2D eigenvalue weighted by Crippen LogP contribution is -2.01. The van der Waals surface area contributed by atoms with Crippen LogP contribution in [-0.2, 0) is 0 Å². The zero-order valence-electron chi connectivity index (χ0n) is 12.1. The largest absolute Gasteiger partial charge is 0.0773 e. The Balaban J connectivity index is 1.89. The van der Waals surface area contributed by atoms with Crippen molar-refractivity contribution in [2.24, 2.45) is 5.92 Å². The molecule has 0 saturated heterocycles. The summed E-state index contributed by atoms with van der Waals surface area (Å²) in [6, 6.07) is 0. The van der Waals surface area contributed by atoms with E-state index in [1.165, 1.54) is 43.3 Å². The highest BCUT2D eigenvalue weighted by Crippen LogP contribution is 2.37. The van der Waals surface area contributed by atoms with Gasteiger partial charge in [0.25, 0.3) is 0 Å². The molecule has 0 amide bonds. The van der Waals surface area contributed by atoms with Crippen LogP contribution in [-0.4, -0.2) is 0 Å². The monoisotopic (exact) mass is 242 g/mol. The Morgan fingerprint density at radius 3 is 2.78 bits per heavy atom. The molecular formula is C18H26. The van der Waals surface area contributed by atoms with Crippen molar-refractivity contribution in [2.75, 3.05) is 0 Å². The van der Waals surface area contributed by atoms with E-state index in [4.69, 9.17) is 0 Å². The van der Waals surface area contributed by atoms with E-state index >= 15 is 0 Å². The van der Waals surface area contributed by atoms with Crippen LogP contribution in [0.15, 0.2) is 46.6 Å². The molecule has 0 aliphatic heterocycles. The van der Waals surface area contributed by atoms with Crippen LogP contribution >= 0.6 is 0 Å². The molecule has 1 atom stereocenters. The molecule has 1 saturated carbocycles. The lowest BCUT2D eigenvalue weighted by molar-refractivity contribution is 0.541. The van der Waals surface area contributed by atoms with Crippen molar-refractivity contribution in [3.8, 4) is 0 Å². The smallest absolute Gasteiger partial charge is 0.0133 e. The van der Waals surface area contributed by atoms with E-state index < -0.39 is 0 Å². The summed E-state index contributed by atoms with van der Waals surface area (Å²) in [6.07, 6.45) is 16.9. The van der Waals surface area contributed by atoms with E-state index in [1.807, 2.05) is 0 Å². The SMILES string of the molecule is CCC(CCC1=CCC(C)=CC=C1)C(C)=C1CC1. The topological polar surface area (TPSA) is 0 Å². The first-order valence-electron chi connectivity index (χ1n) is 7.42. The zero-order chi connectivity index (χ0) is 13.0. The van der Waals surface area contributed by atoms with Gasteiger partial charge in [-0.05, 0) is 58.3 Å². The van der Waals surface area contributed by atoms with Gasteiger partial charge in [-0.15, -0.1) is 0 Å². The lowest BCUT2D eigenvalue weighted by atomic mass is 9.90. The van der Waals surface area contributed by atoms with Crippen molar-refractivity contribution in [1.29, 1.82) is 0 Å². The molecule has 0 nitrogen and oxygen atoms in total. The summed E-state index contributed by atoms with van der Waals surface area (Å²) in [6.45, 7) is 6.90. The second-order valence-corrected chi connectivity index (χ2v) is 5.79. The van der Waals surface area contributed by atoms with Crippen LogP contribution in [0.5, 0.6) is 0 Å². The van der Waals surface area contributed by atoms with Crippen molar-refractivity contribution < 1.29 is 0 Å². The first-order valence-corrected chi connectivity index (χ1v) is 7.42. The highest BCUT2D eigenvalue weighted by Gasteiger charge is 2.19. The van der Waals surface area contributed by atoms with Gasteiger partial charge < -0.3 is 0 Å². The molecule has 18 heavy (non-hydrogen) atoms. The molecule has 0 N–H and O–H groups in total. The molecule has 0 aromatic carbocycles. The highest BCUT2D eigenvalue weighted by molar-refractivity contribution is 5.30. The van der Waals surface area contributed by atoms with Crippen molar-refractivity contribution in [2.45, 2.75) is 59.3 Å². The van der Waals surface area contributed by atoms with E-state index in [-0.39, 0.29) is 0 Å². The summed E-state index contributed by atoms with van der Waals surface area (Å²) in [5, 5.41) is 0. The third kappa shape index (κ3) is 3.73. The molecule has 2 aliphatic carbocycles. The van der Waals surface area contributed by atoms with Gasteiger partial charge in [-0.1, -0.05) is 53.5 Å². The normalized spacial score (nSPS) is 20.1. The fourth-order valence-corrected chi connectivity index (χ4v) is 2.76.